The summed E-state index contributed by atoms with van der Waals surface area (Å²) in [7, 11) is 1.70. The normalized spacial score (nSPS) is 10.3. The first-order valence-electron chi connectivity index (χ1n) is 5.64. The van der Waals surface area contributed by atoms with Gasteiger partial charge in [-0.1, -0.05) is 30.3 Å². The van der Waals surface area contributed by atoms with Crippen molar-refractivity contribution < 1.29 is 4.79 Å². The van der Waals surface area contributed by atoms with Gasteiger partial charge in [0, 0.05) is 24.9 Å². The van der Waals surface area contributed by atoms with Gasteiger partial charge in [-0.3, -0.25) is 9.80 Å². The van der Waals surface area contributed by atoms with Crippen LogP contribution >= 0.6 is 11.3 Å². The topological polar surface area (TPSA) is 45.2 Å². The van der Waals surface area contributed by atoms with Crippen molar-refractivity contribution in [1.29, 1.82) is 0 Å². The van der Waals surface area contributed by atoms with E-state index in [2.05, 4.69) is 10.4 Å². The summed E-state index contributed by atoms with van der Waals surface area (Å²) in [5.74, 6) is -0.0187. The molecule has 1 aromatic heterocycles. The lowest BCUT2D eigenvalue weighted by atomic mass is 10.2. The summed E-state index contributed by atoms with van der Waals surface area (Å²) in [5, 5.41) is 4.45. The number of carbonyl (C=O) groups is 1. The molecule has 2 aromatic rings. The number of hydrogen-bond acceptors (Lipinski definition) is 4. The SMILES string of the molecule is CC(=O)N(C)NCc1nc(-c2ccccc2)cs1. The molecule has 0 aliphatic rings. The molecule has 1 aromatic carbocycles. The molecule has 0 radical (unpaired) electrons. The van der Waals surface area contributed by atoms with Crippen molar-refractivity contribution in [2.75, 3.05) is 7.05 Å². The van der Waals surface area contributed by atoms with Crippen LogP contribution in [0.3, 0.4) is 0 Å². The van der Waals surface area contributed by atoms with Crippen molar-refractivity contribution in [3.05, 3.63) is 40.7 Å². The van der Waals surface area contributed by atoms with Crippen molar-refractivity contribution in [2.24, 2.45) is 0 Å². The average molecular weight is 261 g/mol. The fourth-order valence-corrected chi connectivity index (χ4v) is 2.17. The van der Waals surface area contributed by atoms with Crippen LogP contribution < -0.4 is 5.43 Å². The molecule has 0 spiro atoms. The molecule has 0 aliphatic heterocycles. The Morgan fingerprint density at radius 2 is 2.11 bits per heavy atom. The van der Waals surface area contributed by atoms with Gasteiger partial charge in [-0.15, -0.1) is 11.3 Å². The predicted octanol–water partition coefficient (Wildman–Crippen LogP) is 2.29. The van der Waals surface area contributed by atoms with Gasteiger partial charge in [0.15, 0.2) is 0 Å². The van der Waals surface area contributed by atoms with E-state index in [1.54, 1.807) is 18.4 Å². The van der Waals surface area contributed by atoms with Crippen molar-refractivity contribution >= 4 is 17.2 Å². The van der Waals surface area contributed by atoms with E-state index in [9.17, 15) is 4.79 Å². The van der Waals surface area contributed by atoms with E-state index in [-0.39, 0.29) is 5.91 Å². The molecule has 0 atom stereocenters. The average Bonchev–Trinajstić information content (AvgIpc) is 2.85. The van der Waals surface area contributed by atoms with Gasteiger partial charge in [0.05, 0.1) is 12.2 Å². The molecule has 1 heterocycles. The first-order chi connectivity index (χ1) is 8.66. The molecule has 1 N–H and O–H groups in total. The smallest absolute Gasteiger partial charge is 0.233 e. The van der Waals surface area contributed by atoms with Gasteiger partial charge in [-0.05, 0) is 0 Å². The predicted molar refractivity (Wildman–Crippen MR) is 72.8 cm³/mol. The highest BCUT2D eigenvalue weighted by atomic mass is 32.1. The summed E-state index contributed by atoms with van der Waals surface area (Å²) in [4.78, 5) is 15.6. The molecule has 18 heavy (non-hydrogen) atoms. The van der Waals surface area contributed by atoms with Crippen LogP contribution in [0.2, 0.25) is 0 Å². The molecule has 0 unspecified atom stereocenters. The molecule has 2 rings (SSSR count). The number of nitrogens with one attached hydrogen (secondary N) is 1. The summed E-state index contributed by atoms with van der Waals surface area (Å²) >= 11 is 1.59. The van der Waals surface area contributed by atoms with Crippen molar-refractivity contribution in [3.8, 4) is 11.3 Å². The maximum atomic E-state index is 11.0. The van der Waals surface area contributed by atoms with Gasteiger partial charge in [0.2, 0.25) is 5.91 Å². The number of thiazole rings is 1. The Balaban J connectivity index is 2.01. The standard InChI is InChI=1S/C13H15N3OS/c1-10(17)16(2)14-8-13-15-12(9-18-13)11-6-4-3-5-7-11/h3-7,9,14H,8H2,1-2H3. The highest BCUT2D eigenvalue weighted by molar-refractivity contribution is 7.09. The first-order valence-corrected chi connectivity index (χ1v) is 6.52. The van der Waals surface area contributed by atoms with Crippen LogP contribution in [-0.2, 0) is 11.3 Å². The number of benzene rings is 1. The van der Waals surface area contributed by atoms with Crippen LogP contribution in [0.1, 0.15) is 11.9 Å². The Kier molecular flexibility index (Phi) is 4.07. The number of hydrogen-bond donors (Lipinski definition) is 1. The zero-order valence-electron chi connectivity index (χ0n) is 10.4. The van der Waals surface area contributed by atoms with Crippen LogP contribution in [0.5, 0.6) is 0 Å². The van der Waals surface area contributed by atoms with E-state index in [0.29, 0.717) is 6.54 Å². The lowest BCUT2D eigenvalue weighted by Crippen LogP contribution is -2.37. The number of hydrazine groups is 1. The fraction of sp³-hybridized carbons (Fsp3) is 0.231. The zero-order valence-corrected chi connectivity index (χ0v) is 11.2. The third-order valence-electron chi connectivity index (χ3n) is 2.56. The van der Waals surface area contributed by atoms with Crippen molar-refractivity contribution in [2.45, 2.75) is 13.5 Å². The van der Waals surface area contributed by atoms with Crippen LogP contribution in [0.15, 0.2) is 35.7 Å². The first kappa shape index (κ1) is 12.7. The summed E-state index contributed by atoms with van der Waals surface area (Å²) in [6, 6.07) is 10.0. The number of amides is 1. The minimum absolute atomic E-state index is 0.0187. The summed E-state index contributed by atoms with van der Waals surface area (Å²) in [5.41, 5.74) is 5.08. The van der Waals surface area contributed by atoms with Crippen molar-refractivity contribution in [3.63, 3.8) is 0 Å². The Morgan fingerprint density at radius 1 is 1.39 bits per heavy atom. The fourth-order valence-electron chi connectivity index (χ4n) is 1.43. The molecule has 1 amide bonds. The minimum atomic E-state index is -0.0187. The number of rotatable bonds is 4. The lowest BCUT2D eigenvalue weighted by Gasteiger charge is -2.14. The summed E-state index contributed by atoms with van der Waals surface area (Å²) < 4.78 is 0. The van der Waals surface area contributed by atoms with E-state index in [4.69, 9.17) is 0 Å². The maximum Gasteiger partial charge on any atom is 0.233 e. The Morgan fingerprint density at radius 3 is 2.78 bits per heavy atom. The molecule has 94 valence electrons. The number of aromatic nitrogens is 1. The molecule has 0 saturated carbocycles. The summed E-state index contributed by atoms with van der Waals surface area (Å²) in [6.45, 7) is 2.08. The van der Waals surface area contributed by atoms with Crippen LogP contribution in [0.25, 0.3) is 11.3 Å². The molecule has 5 heteroatoms. The van der Waals surface area contributed by atoms with Crippen LogP contribution in [0, 0.1) is 0 Å². The monoisotopic (exact) mass is 261 g/mol. The third-order valence-corrected chi connectivity index (χ3v) is 3.41. The Bertz CT molecular complexity index is 524. The van der Waals surface area contributed by atoms with Gasteiger partial charge in [-0.25, -0.2) is 10.4 Å². The molecule has 0 bridgehead atoms. The minimum Gasteiger partial charge on any atom is -0.281 e. The second-order valence-electron chi connectivity index (χ2n) is 3.91. The second kappa shape index (κ2) is 5.75. The zero-order chi connectivity index (χ0) is 13.0. The van der Waals surface area contributed by atoms with E-state index in [0.717, 1.165) is 16.3 Å². The quantitative estimate of drug-likeness (QED) is 0.859. The molecule has 0 fully saturated rings. The largest absolute Gasteiger partial charge is 0.281 e. The molecular weight excluding hydrogens is 246 g/mol. The van der Waals surface area contributed by atoms with Crippen molar-refractivity contribution in [1.82, 2.24) is 15.4 Å². The van der Waals surface area contributed by atoms with Gasteiger partial charge in [0.1, 0.15) is 5.01 Å². The van der Waals surface area contributed by atoms with Gasteiger partial charge in [-0.2, -0.15) is 0 Å². The molecule has 4 nitrogen and oxygen atoms in total. The van der Waals surface area contributed by atoms with E-state index in [1.165, 1.54) is 11.9 Å². The van der Waals surface area contributed by atoms with Gasteiger partial charge < -0.3 is 0 Å². The maximum absolute atomic E-state index is 11.0. The molecular formula is C13H15N3OS. The molecule has 0 aliphatic carbocycles. The van der Waals surface area contributed by atoms with E-state index < -0.39 is 0 Å². The third kappa shape index (κ3) is 3.15. The number of carbonyl (C=O) groups excluding carboxylic acids is 1. The van der Waals surface area contributed by atoms with Crippen LogP contribution in [-0.4, -0.2) is 22.9 Å². The van der Waals surface area contributed by atoms with E-state index in [1.807, 2.05) is 35.7 Å². The second-order valence-corrected chi connectivity index (χ2v) is 4.85. The van der Waals surface area contributed by atoms with Gasteiger partial charge >= 0.3 is 0 Å². The Labute approximate surface area is 110 Å². The highest BCUT2D eigenvalue weighted by Crippen LogP contribution is 2.21. The number of nitrogens with zero attached hydrogens (tertiary/aromatic N) is 2. The summed E-state index contributed by atoms with van der Waals surface area (Å²) in [6.07, 6.45) is 0. The lowest BCUT2D eigenvalue weighted by molar-refractivity contribution is -0.130. The Hall–Kier alpha value is -1.72. The van der Waals surface area contributed by atoms with Crippen LogP contribution in [0.4, 0.5) is 0 Å². The van der Waals surface area contributed by atoms with Gasteiger partial charge in [0.25, 0.3) is 0 Å². The van der Waals surface area contributed by atoms with E-state index >= 15 is 0 Å². The highest BCUT2D eigenvalue weighted by Gasteiger charge is 2.06. The molecule has 0 saturated heterocycles.